The van der Waals surface area contributed by atoms with Crippen molar-refractivity contribution in [3.63, 3.8) is 0 Å². The zero-order valence-electron chi connectivity index (χ0n) is 14.9. The van der Waals surface area contributed by atoms with Crippen molar-refractivity contribution in [3.05, 3.63) is 54.1 Å². The molecule has 0 bridgehead atoms. The molecule has 0 spiro atoms. The lowest BCUT2D eigenvalue weighted by molar-refractivity contribution is -0.139. The van der Waals surface area contributed by atoms with Gasteiger partial charge in [-0.05, 0) is 62.2 Å². The topological polar surface area (TPSA) is 46.2 Å². The second kappa shape index (κ2) is 9.52. The molecule has 1 fully saturated rings. The summed E-state index contributed by atoms with van der Waals surface area (Å²) in [4.78, 5) is -0.0772. The standard InChI is InChI=1S/C19H20F3NO2S2.ClH/c20-19(21,22)17-7-6-16(27(24,25)15-4-2-1-3-5-15)12-18(17)26-13-14-8-10-23-11-9-14;/h1-7,12,14,23H,8-11,13H2;1H. The molecule has 9 heteroatoms. The van der Waals surface area contributed by atoms with E-state index < -0.39 is 21.6 Å². The van der Waals surface area contributed by atoms with Crippen molar-refractivity contribution in [3.8, 4) is 0 Å². The lowest BCUT2D eigenvalue weighted by atomic mass is 10.0. The Balaban J connectivity index is 0.00000280. The van der Waals surface area contributed by atoms with Crippen molar-refractivity contribution in [2.75, 3.05) is 18.8 Å². The SMILES string of the molecule is Cl.O=S(=O)(c1ccccc1)c1ccc(C(F)(F)F)c(SCC2CCNCC2)c1. The molecule has 1 aliphatic heterocycles. The average molecular weight is 452 g/mol. The Morgan fingerprint density at radius 1 is 1.00 bits per heavy atom. The Hall–Kier alpha value is -1.22. The van der Waals surface area contributed by atoms with Crippen LogP contribution in [-0.4, -0.2) is 27.3 Å². The monoisotopic (exact) mass is 451 g/mol. The molecule has 1 N–H and O–H groups in total. The van der Waals surface area contributed by atoms with Crippen LogP contribution in [-0.2, 0) is 16.0 Å². The summed E-state index contributed by atoms with van der Waals surface area (Å²) in [5.41, 5.74) is -0.784. The third-order valence-electron chi connectivity index (χ3n) is 4.56. The van der Waals surface area contributed by atoms with Gasteiger partial charge in [0.25, 0.3) is 0 Å². The first-order chi connectivity index (χ1) is 12.8. The number of sulfone groups is 1. The van der Waals surface area contributed by atoms with E-state index in [0.717, 1.165) is 55.9 Å². The number of thioether (sulfide) groups is 1. The number of rotatable bonds is 5. The Morgan fingerprint density at radius 3 is 2.25 bits per heavy atom. The summed E-state index contributed by atoms with van der Waals surface area (Å²) >= 11 is 1.09. The summed E-state index contributed by atoms with van der Waals surface area (Å²) in [5.74, 6) is 0.867. The molecule has 28 heavy (non-hydrogen) atoms. The molecule has 0 amide bonds. The van der Waals surface area contributed by atoms with Crippen LogP contribution in [0.5, 0.6) is 0 Å². The Morgan fingerprint density at radius 2 is 1.64 bits per heavy atom. The maximum absolute atomic E-state index is 13.4. The minimum absolute atomic E-state index is 0. The lowest BCUT2D eigenvalue weighted by Gasteiger charge is -2.23. The van der Waals surface area contributed by atoms with Gasteiger partial charge in [0.05, 0.1) is 15.4 Å². The quantitative estimate of drug-likeness (QED) is 0.646. The molecule has 0 radical (unpaired) electrons. The molecular weight excluding hydrogens is 431 g/mol. The van der Waals surface area contributed by atoms with E-state index in [9.17, 15) is 21.6 Å². The van der Waals surface area contributed by atoms with Crippen LogP contribution < -0.4 is 5.32 Å². The van der Waals surface area contributed by atoms with Gasteiger partial charge in [-0.2, -0.15) is 13.2 Å². The molecule has 0 saturated carbocycles. The smallest absolute Gasteiger partial charge is 0.317 e. The number of benzene rings is 2. The van der Waals surface area contributed by atoms with Gasteiger partial charge in [-0.15, -0.1) is 24.2 Å². The van der Waals surface area contributed by atoms with Crippen LogP contribution in [0.3, 0.4) is 0 Å². The average Bonchev–Trinajstić information content (AvgIpc) is 2.67. The van der Waals surface area contributed by atoms with Crippen LogP contribution in [0.1, 0.15) is 18.4 Å². The summed E-state index contributed by atoms with van der Waals surface area (Å²) in [6.45, 7) is 1.72. The number of hydrogen-bond donors (Lipinski definition) is 1. The van der Waals surface area contributed by atoms with Crippen LogP contribution in [0.25, 0.3) is 0 Å². The number of hydrogen-bond acceptors (Lipinski definition) is 4. The van der Waals surface area contributed by atoms with Gasteiger partial charge < -0.3 is 5.32 Å². The van der Waals surface area contributed by atoms with Crippen molar-refractivity contribution in [2.24, 2.45) is 5.92 Å². The fraction of sp³-hybridized carbons (Fsp3) is 0.368. The highest BCUT2D eigenvalue weighted by Crippen LogP contribution is 2.39. The zero-order chi connectivity index (χ0) is 19.5. The van der Waals surface area contributed by atoms with Gasteiger partial charge in [-0.1, -0.05) is 18.2 Å². The first-order valence-electron chi connectivity index (χ1n) is 8.63. The van der Waals surface area contributed by atoms with E-state index in [-0.39, 0.29) is 27.1 Å². The van der Waals surface area contributed by atoms with Gasteiger partial charge in [-0.3, -0.25) is 0 Å². The van der Waals surface area contributed by atoms with E-state index in [2.05, 4.69) is 5.32 Å². The number of alkyl halides is 3. The van der Waals surface area contributed by atoms with E-state index in [1.807, 2.05) is 0 Å². The van der Waals surface area contributed by atoms with Crippen molar-refractivity contribution in [1.82, 2.24) is 5.32 Å². The molecule has 0 unspecified atom stereocenters. The Labute approximate surface area is 173 Å². The lowest BCUT2D eigenvalue weighted by Crippen LogP contribution is -2.28. The van der Waals surface area contributed by atoms with Gasteiger partial charge in [-0.25, -0.2) is 8.42 Å². The molecule has 1 saturated heterocycles. The highest BCUT2D eigenvalue weighted by Gasteiger charge is 2.34. The van der Waals surface area contributed by atoms with Crippen molar-refractivity contribution in [1.29, 1.82) is 0 Å². The number of nitrogens with one attached hydrogen (secondary N) is 1. The largest absolute Gasteiger partial charge is 0.417 e. The van der Waals surface area contributed by atoms with E-state index >= 15 is 0 Å². The van der Waals surface area contributed by atoms with E-state index in [4.69, 9.17) is 0 Å². The summed E-state index contributed by atoms with van der Waals surface area (Å²) in [7, 11) is -3.86. The summed E-state index contributed by atoms with van der Waals surface area (Å²) in [5, 5.41) is 3.23. The predicted molar refractivity (Wildman–Crippen MR) is 107 cm³/mol. The van der Waals surface area contributed by atoms with Crippen molar-refractivity contribution in [2.45, 2.75) is 33.7 Å². The maximum atomic E-state index is 13.4. The number of piperidine rings is 1. The van der Waals surface area contributed by atoms with Gasteiger partial charge in [0.15, 0.2) is 0 Å². The molecular formula is C19H21ClF3NO2S2. The molecule has 154 valence electrons. The molecule has 0 atom stereocenters. The summed E-state index contributed by atoms with van der Waals surface area (Å²) in [6, 6.07) is 10.8. The Bertz CT molecular complexity index is 884. The minimum Gasteiger partial charge on any atom is -0.317 e. The van der Waals surface area contributed by atoms with Crippen LogP contribution in [0.2, 0.25) is 0 Å². The number of halogens is 4. The minimum atomic E-state index is -4.52. The fourth-order valence-corrected chi connectivity index (χ4v) is 5.70. The van der Waals surface area contributed by atoms with Gasteiger partial charge >= 0.3 is 6.18 Å². The summed E-state index contributed by atoms with van der Waals surface area (Å²) in [6.07, 6.45) is -2.70. The van der Waals surface area contributed by atoms with E-state index in [1.165, 1.54) is 12.1 Å². The fourth-order valence-electron chi connectivity index (χ4n) is 3.02. The van der Waals surface area contributed by atoms with Gasteiger partial charge in [0.2, 0.25) is 9.84 Å². The van der Waals surface area contributed by atoms with Crippen molar-refractivity contribution < 1.29 is 21.6 Å². The third-order valence-corrected chi connectivity index (χ3v) is 7.61. The Kier molecular flexibility index (Phi) is 7.84. The highest BCUT2D eigenvalue weighted by atomic mass is 35.5. The third kappa shape index (κ3) is 5.43. The van der Waals surface area contributed by atoms with Crippen LogP contribution >= 0.6 is 24.2 Å². The first-order valence-corrected chi connectivity index (χ1v) is 11.1. The van der Waals surface area contributed by atoms with Gasteiger partial charge in [0, 0.05) is 10.6 Å². The van der Waals surface area contributed by atoms with E-state index in [1.54, 1.807) is 18.2 Å². The molecule has 3 nitrogen and oxygen atoms in total. The molecule has 3 rings (SSSR count). The summed E-state index contributed by atoms with van der Waals surface area (Å²) < 4.78 is 65.7. The van der Waals surface area contributed by atoms with Crippen molar-refractivity contribution >= 4 is 34.0 Å². The van der Waals surface area contributed by atoms with Crippen LogP contribution in [0.15, 0.2) is 63.2 Å². The van der Waals surface area contributed by atoms with E-state index in [0.29, 0.717) is 11.7 Å². The normalized spacial score (nSPS) is 15.8. The molecule has 1 aliphatic rings. The maximum Gasteiger partial charge on any atom is 0.417 e. The molecule has 0 aromatic heterocycles. The second-order valence-corrected chi connectivity index (χ2v) is 9.49. The second-order valence-electron chi connectivity index (χ2n) is 6.48. The highest BCUT2D eigenvalue weighted by molar-refractivity contribution is 7.99. The van der Waals surface area contributed by atoms with Gasteiger partial charge in [0.1, 0.15) is 0 Å². The molecule has 2 aromatic rings. The molecule has 2 aromatic carbocycles. The van der Waals surface area contributed by atoms with Crippen LogP contribution in [0, 0.1) is 5.92 Å². The predicted octanol–water partition coefficient (Wildman–Crippen LogP) is 5.05. The molecule has 0 aliphatic carbocycles. The van der Waals surface area contributed by atoms with Crippen LogP contribution in [0.4, 0.5) is 13.2 Å². The first kappa shape index (κ1) is 23.1. The molecule has 1 heterocycles. The zero-order valence-corrected chi connectivity index (χ0v) is 17.4.